The molecular weight excluding hydrogens is 236 g/mol. The SMILES string of the molecule is CNC(Cc1c(F)cccc1F)c1nccn1C. The van der Waals surface area contributed by atoms with E-state index in [2.05, 4.69) is 10.3 Å². The van der Waals surface area contributed by atoms with Crippen molar-refractivity contribution in [2.45, 2.75) is 12.5 Å². The van der Waals surface area contributed by atoms with Crippen LogP contribution in [0, 0.1) is 11.6 Å². The highest BCUT2D eigenvalue weighted by atomic mass is 19.1. The number of aryl methyl sites for hydroxylation is 1. The number of benzene rings is 1. The smallest absolute Gasteiger partial charge is 0.129 e. The lowest BCUT2D eigenvalue weighted by Gasteiger charge is -2.16. The van der Waals surface area contributed by atoms with Crippen molar-refractivity contribution in [3.63, 3.8) is 0 Å². The third kappa shape index (κ3) is 2.41. The van der Waals surface area contributed by atoms with Crippen LogP contribution < -0.4 is 5.32 Å². The van der Waals surface area contributed by atoms with Crippen molar-refractivity contribution in [2.75, 3.05) is 7.05 Å². The molecule has 0 aliphatic carbocycles. The van der Waals surface area contributed by atoms with Crippen molar-refractivity contribution in [1.29, 1.82) is 0 Å². The Hall–Kier alpha value is -1.75. The number of aromatic nitrogens is 2. The van der Waals surface area contributed by atoms with Gasteiger partial charge in [-0.3, -0.25) is 0 Å². The van der Waals surface area contributed by atoms with Crippen LogP contribution in [0.25, 0.3) is 0 Å². The van der Waals surface area contributed by atoms with Crippen LogP contribution in [0.1, 0.15) is 17.4 Å². The largest absolute Gasteiger partial charge is 0.337 e. The van der Waals surface area contributed by atoms with E-state index < -0.39 is 11.6 Å². The molecule has 0 radical (unpaired) electrons. The van der Waals surface area contributed by atoms with E-state index in [1.807, 2.05) is 11.6 Å². The average molecular weight is 251 g/mol. The van der Waals surface area contributed by atoms with Crippen molar-refractivity contribution in [3.8, 4) is 0 Å². The lowest BCUT2D eigenvalue weighted by atomic mass is 10.0. The highest BCUT2D eigenvalue weighted by molar-refractivity contribution is 5.22. The summed E-state index contributed by atoms with van der Waals surface area (Å²) in [6, 6.07) is 3.67. The first-order valence-electron chi connectivity index (χ1n) is 5.71. The average Bonchev–Trinajstić information content (AvgIpc) is 2.76. The predicted octanol–water partition coefficient (Wildman–Crippen LogP) is 2.20. The highest BCUT2D eigenvalue weighted by Gasteiger charge is 2.18. The molecule has 1 aromatic heterocycles. The van der Waals surface area contributed by atoms with Crippen LogP contribution in [0.3, 0.4) is 0 Å². The predicted molar refractivity (Wildman–Crippen MR) is 65.1 cm³/mol. The number of halogens is 2. The van der Waals surface area contributed by atoms with Crippen LogP contribution in [0.2, 0.25) is 0 Å². The fraction of sp³-hybridized carbons (Fsp3) is 0.308. The van der Waals surface area contributed by atoms with Gasteiger partial charge < -0.3 is 9.88 Å². The van der Waals surface area contributed by atoms with Crippen LogP contribution >= 0.6 is 0 Å². The molecule has 0 spiro atoms. The number of rotatable bonds is 4. The normalized spacial score (nSPS) is 12.7. The van der Waals surface area contributed by atoms with Gasteiger partial charge in [0, 0.05) is 31.4 Å². The summed E-state index contributed by atoms with van der Waals surface area (Å²) in [5, 5.41) is 3.03. The maximum absolute atomic E-state index is 13.6. The first kappa shape index (κ1) is 12.7. The van der Waals surface area contributed by atoms with Crippen molar-refractivity contribution < 1.29 is 8.78 Å². The number of hydrogen-bond donors (Lipinski definition) is 1. The zero-order valence-corrected chi connectivity index (χ0v) is 10.3. The molecule has 0 saturated carbocycles. The maximum atomic E-state index is 13.6. The van der Waals surface area contributed by atoms with E-state index in [1.54, 1.807) is 19.4 Å². The lowest BCUT2D eigenvalue weighted by molar-refractivity contribution is 0.493. The van der Waals surface area contributed by atoms with Crippen molar-refractivity contribution in [3.05, 3.63) is 53.6 Å². The van der Waals surface area contributed by atoms with E-state index in [0.717, 1.165) is 5.82 Å². The lowest BCUT2D eigenvalue weighted by Crippen LogP contribution is -2.23. The molecule has 1 unspecified atom stereocenters. The summed E-state index contributed by atoms with van der Waals surface area (Å²) >= 11 is 0. The second-order valence-electron chi connectivity index (χ2n) is 4.14. The third-order valence-electron chi connectivity index (χ3n) is 2.99. The number of hydrogen-bond acceptors (Lipinski definition) is 2. The van der Waals surface area contributed by atoms with Gasteiger partial charge in [-0.15, -0.1) is 0 Å². The Morgan fingerprint density at radius 3 is 2.50 bits per heavy atom. The first-order chi connectivity index (χ1) is 8.63. The summed E-state index contributed by atoms with van der Waals surface area (Å²) in [6.07, 6.45) is 3.69. The van der Waals surface area contributed by atoms with Gasteiger partial charge in [0.1, 0.15) is 17.5 Å². The molecule has 18 heavy (non-hydrogen) atoms. The topological polar surface area (TPSA) is 29.9 Å². The highest BCUT2D eigenvalue weighted by Crippen LogP contribution is 2.20. The monoisotopic (exact) mass is 251 g/mol. The van der Waals surface area contributed by atoms with E-state index in [-0.39, 0.29) is 18.0 Å². The van der Waals surface area contributed by atoms with E-state index in [4.69, 9.17) is 0 Å². The molecule has 2 aromatic rings. The first-order valence-corrected chi connectivity index (χ1v) is 5.71. The van der Waals surface area contributed by atoms with E-state index in [0.29, 0.717) is 0 Å². The van der Waals surface area contributed by atoms with E-state index in [9.17, 15) is 8.78 Å². The molecule has 0 fully saturated rings. The molecular formula is C13H15F2N3. The number of imidazole rings is 1. The molecule has 5 heteroatoms. The zero-order valence-electron chi connectivity index (χ0n) is 10.3. The molecule has 0 saturated heterocycles. The second-order valence-corrected chi connectivity index (χ2v) is 4.14. The Morgan fingerprint density at radius 2 is 2.00 bits per heavy atom. The zero-order chi connectivity index (χ0) is 13.1. The third-order valence-corrected chi connectivity index (χ3v) is 2.99. The van der Waals surface area contributed by atoms with Gasteiger partial charge >= 0.3 is 0 Å². The Morgan fingerprint density at radius 1 is 1.33 bits per heavy atom. The molecule has 0 aliphatic rings. The van der Waals surface area contributed by atoms with Crippen molar-refractivity contribution in [2.24, 2.45) is 7.05 Å². The van der Waals surface area contributed by atoms with Gasteiger partial charge in [-0.05, 0) is 19.2 Å². The number of nitrogens with zero attached hydrogens (tertiary/aromatic N) is 2. The van der Waals surface area contributed by atoms with Crippen molar-refractivity contribution >= 4 is 0 Å². The number of likely N-dealkylation sites (N-methyl/N-ethyl adjacent to an activating group) is 1. The summed E-state index contributed by atoms with van der Waals surface area (Å²) in [4.78, 5) is 4.20. The Labute approximate surface area is 104 Å². The minimum atomic E-state index is -0.524. The van der Waals surface area contributed by atoms with Gasteiger partial charge in [0.15, 0.2) is 0 Å². The van der Waals surface area contributed by atoms with Gasteiger partial charge in [0.25, 0.3) is 0 Å². The summed E-state index contributed by atoms with van der Waals surface area (Å²) in [6.45, 7) is 0. The molecule has 1 aromatic carbocycles. The van der Waals surface area contributed by atoms with Crippen LogP contribution in [-0.2, 0) is 13.5 Å². The van der Waals surface area contributed by atoms with Crippen molar-refractivity contribution in [1.82, 2.24) is 14.9 Å². The molecule has 1 heterocycles. The Balaban J connectivity index is 2.29. The summed E-state index contributed by atoms with van der Waals surface area (Å²) < 4.78 is 29.0. The van der Waals surface area contributed by atoms with Gasteiger partial charge in [0.2, 0.25) is 0 Å². The maximum Gasteiger partial charge on any atom is 0.129 e. The van der Waals surface area contributed by atoms with E-state index >= 15 is 0 Å². The molecule has 0 bridgehead atoms. The van der Waals surface area contributed by atoms with E-state index in [1.165, 1.54) is 18.2 Å². The quantitative estimate of drug-likeness (QED) is 0.902. The molecule has 96 valence electrons. The molecule has 0 aliphatic heterocycles. The molecule has 2 rings (SSSR count). The molecule has 0 amide bonds. The van der Waals surface area contributed by atoms with Crippen LogP contribution in [0.4, 0.5) is 8.78 Å². The van der Waals surface area contributed by atoms with Crippen LogP contribution in [-0.4, -0.2) is 16.6 Å². The second kappa shape index (κ2) is 5.27. The Kier molecular flexibility index (Phi) is 3.72. The summed E-state index contributed by atoms with van der Waals surface area (Å²) in [5.41, 5.74) is 0.0832. The van der Waals surface area contributed by atoms with Crippen LogP contribution in [0.5, 0.6) is 0 Å². The summed E-state index contributed by atoms with van der Waals surface area (Å²) in [7, 11) is 3.60. The molecule has 1 atom stereocenters. The van der Waals surface area contributed by atoms with Gasteiger partial charge in [-0.25, -0.2) is 13.8 Å². The number of nitrogens with one attached hydrogen (secondary N) is 1. The molecule has 3 nitrogen and oxygen atoms in total. The Bertz CT molecular complexity index is 517. The van der Waals surface area contributed by atoms with Gasteiger partial charge in [0.05, 0.1) is 6.04 Å². The molecule has 1 N–H and O–H groups in total. The van der Waals surface area contributed by atoms with Gasteiger partial charge in [-0.1, -0.05) is 6.07 Å². The fourth-order valence-electron chi connectivity index (χ4n) is 1.97. The summed E-state index contributed by atoms with van der Waals surface area (Å²) in [5.74, 6) is -0.297. The standard InChI is InChI=1S/C13H15F2N3/c1-16-12(13-17-6-7-18(13)2)8-9-10(14)4-3-5-11(9)15/h3-7,12,16H,8H2,1-2H3. The van der Waals surface area contributed by atoms with Crippen LogP contribution in [0.15, 0.2) is 30.6 Å². The minimum absolute atomic E-state index is 0.0832. The van der Waals surface area contributed by atoms with Gasteiger partial charge in [-0.2, -0.15) is 0 Å². The fourth-order valence-corrected chi connectivity index (χ4v) is 1.97. The minimum Gasteiger partial charge on any atom is -0.337 e.